The standard InChI is InChI=1S/C51H33N3S/c1-4-12-34(13-5-1)37-22-24-38(25-23-37)49-52-50(43-21-11-19-40(31-43)36-16-8-3-9-17-36)54-51(53-49)44-26-28-45-46-32-42(27-29-47(46)55-48(45)33-44)41-20-10-18-39(30-41)35-14-6-2-7-15-35/h1-33H/i26D,27D,28D,29D,32D,33D. The Morgan fingerprint density at radius 3 is 1.36 bits per heavy atom. The highest BCUT2D eigenvalue weighted by Crippen LogP contribution is 2.39. The van der Waals surface area contributed by atoms with Crippen molar-refractivity contribution >= 4 is 31.5 Å². The number of aromatic nitrogens is 3. The van der Waals surface area contributed by atoms with Gasteiger partial charge in [0.1, 0.15) is 0 Å². The van der Waals surface area contributed by atoms with Crippen LogP contribution in [0.2, 0.25) is 0 Å². The second-order valence-electron chi connectivity index (χ2n) is 13.2. The van der Waals surface area contributed by atoms with E-state index in [1.807, 2.05) is 164 Å². The van der Waals surface area contributed by atoms with Gasteiger partial charge in [0.15, 0.2) is 17.5 Å². The Morgan fingerprint density at radius 2 is 0.745 bits per heavy atom. The predicted octanol–water partition coefficient (Wildman–Crippen LogP) is 13.9. The van der Waals surface area contributed by atoms with E-state index in [-0.39, 0.29) is 64.0 Å². The van der Waals surface area contributed by atoms with Gasteiger partial charge in [0.05, 0.1) is 8.22 Å². The molecule has 55 heavy (non-hydrogen) atoms. The van der Waals surface area contributed by atoms with Gasteiger partial charge in [-0.2, -0.15) is 0 Å². The summed E-state index contributed by atoms with van der Waals surface area (Å²) in [5.74, 6) is 0.751. The highest BCUT2D eigenvalue weighted by molar-refractivity contribution is 7.25. The van der Waals surface area contributed by atoms with Crippen LogP contribution in [0, 0.1) is 0 Å². The van der Waals surface area contributed by atoms with E-state index in [0.717, 1.165) is 44.7 Å². The predicted molar refractivity (Wildman–Crippen MR) is 231 cm³/mol. The molecule has 2 heterocycles. The monoisotopic (exact) mass is 725 g/mol. The van der Waals surface area contributed by atoms with Gasteiger partial charge in [0.25, 0.3) is 0 Å². The normalized spacial score (nSPS) is 12.8. The van der Waals surface area contributed by atoms with Crippen LogP contribution in [0.3, 0.4) is 0 Å². The van der Waals surface area contributed by atoms with Crippen LogP contribution in [0.4, 0.5) is 0 Å². The summed E-state index contributed by atoms with van der Waals surface area (Å²) in [6.07, 6.45) is 0. The van der Waals surface area contributed by atoms with Crippen molar-refractivity contribution in [3.05, 3.63) is 200 Å². The van der Waals surface area contributed by atoms with Crippen molar-refractivity contribution in [3.63, 3.8) is 0 Å². The third-order valence-corrected chi connectivity index (χ3v) is 10.6. The van der Waals surface area contributed by atoms with Crippen molar-refractivity contribution < 1.29 is 8.22 Å². The molecule has 4 heteroatoms. The molecule has 0 atom stereocenters. The summed E-state index contributed by atoms with van der Waals surface area (Å²) in [6.45, 7) is 0. The van der Waals surface area contributed by atoms with Gasteiger partial charge in [0.2, 0.25) is 0 Å². The minimum Gasteiger partial charge on any atom is -0.208 e. The molecule has 0 aliphatic carbocycles. The minimum atomic E-state index is -0.272. The Kier molecular flexibility index (Phi) is 6.84. The van der Waals surface area contributed by atoms with Crippen LogP contribution in [0.1, 0.15) is 8.22 Å². The molecule has 258 valence electrons. The average molecular weight is 726 g/mol. The van der Waals surface area contributed by atoms with Gasteiger partial charge < -0.3 is 0 Å². The van der Waals surface area contributed by atoms with Crippen LogP contribution < -0.4 is 0 Å². The van der Waals surface area contributed by atoms with Crippen LogP contribution in [0.5, 0.6) is 0 Å². The summed E-state index contributed by atoms with van der Waals surface area (Å²) in [5.41, 5.74) is 8.30. The van der Waals surface area contributed by atoms with E-state index in [1.165, 1.54) is 0 Å². The lowest BCUT2D eigenvalue weighted by atomic mass is 9.98. The van der Waals surface area contributed by atoms with E-state index in [2.05, 4.69) is 0 Å². The maximum Gasteiger partial charge on any atom is 0.164 e. The van der Waals surface area contributed by atoms with Crippen molar-refractivity contribution in [2.45, 2.75) is 0 Å². The fourth-order valence-electron chi connectivity index (χ4n) is 6.79. The Hall–Kier alpha value is -7.01. The highest BCUT2D eigenvalue weighted by Gasteiger charge is 2.16. The van der Waals surface area contributed by atoms with Crippen molar-refractivity contribution in [1.82, 2.24) is 15.0 Å². The van der Waals surface area contributed by atoms with Crippen molar-refractivity contribution in [1.29, 1.82) is 0 Å². The van der Waals surface area contributed by atoms with Gasteiger partial charge in [-0.05, 0) is 74.8 Å². The second-order valence-corrected chi connectivity index (χ2v) is 14.2. The van der Waals surface area contributed by atoms with E-state index < -0.39 is 0 Å². The topological polar surface area (TPSA) is 38.7 Å². The SMILES string of the molecule is [2H]c1c(-c2cccc(-c3ccccc3)c2)c([2H])c2c(sc3c([2H])c(-c4nc(-c5ccc(-c6ccccc6)cc5)nc(-c5cccc(-c6ccccc6)c5)n4)c([2H])c([2H])c32)c1[2H]. The van der Waals surface area contributed by atoms with E-state index in [0.29, 0.717) is 37.7 Å². The molecule has 0 radical (unpaired) electrons. The third-order valence-electron chi connectivity index (χ3n) is 9.61. The second kappa shape index (κ2) is 14.1. The number of benzene rings is 8. The summed E-state index contributed by atoms with van der Waals surface area (Å²) in [4.78, 5) is 14.8. The number of fused-ring (bicyclic) bond motifs is 3. The van der Waals surface area contributed by atoms with Gasteiger partial charge in [-0.25, -0.2) is 15.0 Å². The lowest BCUT2D eigenvalue weighted by Crippen LogP contribution is -2.00. The van der Waals surface area contributed by atoms with E-state index in [4.69, 9.17) is 16.3 Å². The molecule has 2 aromatic heterocycles. The average Bonchev–Trinajstić information content (AvgIpc) is 3.73. The van der Waals surface area contributed by atoms with Gasteiger partial charge >= 0.3 is 0 Å². The summed E-state index contributed by atoms with van der Waals surface area (Å²) >= 11 is 1.09. The Balaban J connectivity index is 1.17. The lowest BCUT2D eigenvalue weighted by Gasteiger charge is -2.10. The van der Waals surface area contributed by atoms with E-state index in [9.17, 15) is 6.85 Å². The Bertz CT molecular complexity index is 3300. The quantitative estimate of drug-likeness (QED) is 0.164. The molecule has 8 aromatic carbocycles. The van der Waals surface area contributed by atoms with Crippen LogP contribution in [0.15, 0.2) is 200 Å². The van der Waals surface area contributed by atoms with Gasteiger partial charge in [0, 0.05) is 36.9 Å². The Morgan fingerprint density at radius 1 is 0.309 bits per heavy atom. The van der Waals surface area contributed by atoms with Crippen LogP contribution in [-0.2, 0) is 0 Å². The molecule has 0 N–H and O–H groups in total. The molecule has 0 saturated heterocycles. The first-order chi connectivity index (χ1) is 29.7. The molecule has 0 amide bonds. The molecule has 3 nitrogen and oxygen atoms in total. The first-order valence-electron chi connectivity index (χ1n) is 20.9. The van der Waals surface area contributed by atoms with Crippen LogP contribution in [0.25, 0.3) is 98.8 Å². The molecule has 0 aliphatic rings. The molecule has 10 aromatic rings. The Labute approximate surface area is 332 Å². The molecule has 0 aliphatic heterocycles. The van der Waals surface area contributed by atoms with E-state index >= 15 is 0 Å². The van der Waals surface area contributed by atoms with Crippen LogP contribution >= 0.6 is 11.3 Å². The van der Waals surface area contributed by atoms with Crippen molar-refractivity contribution in [2.75, 3.05) is 0 Å². The summed E-state index contributed by atoms with van der Waals surface area (Å²) < 4.78 is 57.0. The van der Waals surface area contributed by atoms with Gasteiger partial charge in [-0.15, -0.1) is 11.3 Å². The largest absolute Gasteiger partial charge is 0.208 e. The fraction of sp³-hybridized carbons (Fsp3) is 0. The molecule has 0 spiro atoms. The minimum absolute atomic E-state index is 0.0190. The van der Waals surface area contributed by atoms with Crippen molar-refractivity contribution in [2.24, 2.45) is 0 Å². The molecular weight excluding hydrogens is 687 g/mol. The van der Waals surface area contributed by atoms with E-state index in [1.54, 1.807) is 0 Å². The van der Waals surface area contributed by atoms with Gasteiger partial charge in [-0.1, -0.05) is 170 Å². The fourth-order valence-corrected chi connectivity index (χ4v) is 7.76. The maximum absolute atomic E-state index is 9.64. The number of thiophene rings is 1. The maximum atomic E-state index is 9.64. The molecular formula is C51H33N3S. The molecule has 0 saturated carbocycles. The zero-order valence-corrected chi connectivity index (χ0v) is 30.2. The zero-order valence-electron chi connectivity index (χ0n) is 35.3. The third kappa shape index (κ3) is 6.50. The first-order valence-corrected chi connectivity index (χ1v) is 18.8. The molecule has 0 fully saturated rings. The summed E-state index contributed by atoms with van der Waals surface area (Å²) in [5, 5.41) is 0.521. The number of rotatable bonds is 7. The molecule has 0 unspecified atom stereocenters. The zero-order chi connectivity index (χ0) is 41.8. The molecule has 10 rings (SSSR count). The van der Waals surface area contributed by atoms with Crippen molar-refractivity contribution in [3.8, 4) is 78.7 Å². The summed E-state index contributed by atoms with van der Waals surface area (Å²) in [6, 6.07) is 52.4. The summed E-state index contributed by atoms with van der Waals surface area (Å²) in [7, 11) is 0. The number of nitrogens with zero attached hydrogens (tertiary/aromatic N) is 3. The smallest absolute Gasteiger partial charge is 0.164 e. The number of hydrogen-bond acceptors (Lipinski definition) is 4. The molecule has 0 bridgehead atoms. The highest BCUT2D eigenvalue weighted by atomic mass is 32.1. The number of hydrogen-bond donors (Lipinski definition) is 0. The van der Waals surface area contributed by atoms with Crippen LogP contribution in [-0.4, -0.2) is 15.0 Å². The lowest BCUT2D eigenvalue weighted by molar-refractivity contribution is 1.07. The first kappa shape index (κ1) is 26.7. The van der Waals surface area contributed by atoms with Gasteiger partial charge in [-0.3, -0.25) is 0 Å².